The molecule has 0 aliphatic rings. The molecule has 4 nitrogen and oxygen atoms in total. The average molecular weight is 322 g/mol. The molecule has 0 aromatic rings. The van der Waals surface area contributed by atoms with Crippen LogP contribution in [-0.4, -0.2) is 30.1 Å². The predicted molar refractivity (Wildman–Crippen MR) is 79.7 cm³/mol. The summed E-state index contributed by atoms with van der Waals surface area (Å²) >= 11 is 0. The van der Waals surface area contributed by atoms with Crippen molar-refractivity contribution in [1.29, 1.82) is 0 Å². The lowest BCUT2D eigenvalue weighted by Crippen LogP contribution is -2.35. The highest BCUT2D eigenvalue weighted by Gasteiger charge is 2.32. The summed E-state index contributed by atoms with van der Waals surface area (Å²) in [7, 11) is 0. The van der Waals surface area contributed by atoms with Gasteiger partial charge in [-0.1, -0.05) is 6.92 Å². The zero-order valence-electron chi connectivity index (χ0n) is 14.4. The highest BCUT2D eigenvalue weighted by atomic mass is 19.3. The summed E-state index contributed by atoms with van der Waals surface area (Å²) in [5.74, 6) is -3.97. The second kappa shape index (κ2) is 7.88. The Balaban J connectivity index is 4.18. The van der Waals surface area contributed by atoms with Crippen LogP contribution in [0.4, 0.5) is 8.78 Å². The summed E-state index contributed by atoms with van der Waals surface area (Å²) in [6.45, 7) is 8.85. The third kappa shape index (κ3) is 8.95. The first kappa shape index (κ1) is 20.8. The van der Waals surface area contributed by atoms with Gasteiger partial charge in [-0.05, 0) is 47.0 Å². The molecule has 130 valence electrons. The van der Waals surface area contributed by atoms with E-state index in [1.807, 2.05) is 20.8 Å². The van der Waals surface area contributed by atoms with E-state index in [0.717, 1.165) is 0 Å². The molecule has 0 saturated carbocycles. The maximum Gasteiger partial charge on any atom is 0.312 e. The molecule has 6 heteroatoms. The second-order valence-electron chi connectivity index (χ2n) is 6.97. The van der Waals surface area contributed by atoms with Crippen molar-refractivity contribution in [1.82, 2.24) is 0 Å². The van der Waals surface area contributed by atoms with Gasteiger partial charge in [-0.2, -0.15) is 0 Å². The van der Waals surface area contributed by atoms with Gasteiger partial charge in [-0.15, -0.1) is 0 Å². The van der Waals surface area contributed by atoms with Crippen molar-refractivity contribution in [2.45, 2.75) is 78.7 Å². The Hall–Kier alpha value is -1.20. The third-order valence-electron chi connectivity index (χ3n) is 3.45. The van der Waals surface area contributed by atoms with E-state index in [1.54, 1.807) is 13.8 Å². The van der Waals surface area contributed by atoms with E-state index in [2.05, 4.69) is 4.74 Å². The minimum absolute atomic E-state index is 0.0221. The largest absolute Gasteiger partial charge is 0.459 e. The van der Waals surface area contributed by atoms with Gasteiger partial charge in [0, 0.05) is 13.3 Å². The van der Waals surface area contributed by atoms with Crippen molar-refractivity contribution >= 4 is 11.9 Å². The first-order chi connectivity index (χ1) is 9.79. The van der Waals surface area contributed by atoms with E-state index < -0.39 is 29.5 Å². The summed E-state index contributed by atoms with van der Waals surface area (Å²) < 4.78 is 35.1. The van der Waals surface area contributed by atoms with Gasteiger partial charge in [0.25, 0.3) is 5.92 Å². The summed E-state index contributed by atoms with van der Waals surface area (Å²) in [4.78, 5) is 23.4. The maximum absolute atomic E-state index is 12.5. The van der Waals surface area contributed by atoms with Crippen molar-refractivity contribution in [2.24, 2.45) is 5.41 Å². The second-order valence-corrected chi connectivity index (χ2v) is 6.97. The van der Waals surface area contributed by atoms with Gasteiger partial charge in [0.2, 0.25) is 0 Å². The SMILES string of the molecule is CCC(C)(C)C(=O)OC(C)(C)CCCC(=O)OCC(C)(F)F. The molecule has 0 aliphatic heterocycles. The molecule has 0 radical (unpaired) electrons. The highest BCUT2D eigenvalue weighted by Crippen LogP contribution is 2.27. The molecule has 0 bridgehead atoms. The smallest absolute Gasteiger partial charge is 0.312 e. The van der Waals surface area contributed by atoms with Gasteiger partial charge in [-0.25, -0.2) is 8.78 Å². The molecule has 0 rings (SSSR count). The lowest BCUT2D eigenvalue weighted by Gasteiger charge is -2.30. The van der Waals surface area contributed by atoms with Crippen molar-refractivity contribution in [3.05, 3.63) is 0 Å². The summed E-state index contributed by atoms with van der Waals surface area (Å²) in [5, 5.41) is 0. The Kier molecular flexibility index (Phi) is 7.45. The molecule has 22 heavy (non-hydrogen) atoms. The van der Waals surface area contributed by atoms with E-state index in [-0.39, 0.29) is 12.4 Å². The Morgan fingerprint density at radius 1 is 1.05 bits per heavy atom. The molecule has 0 N–H and O–H groups in total. The van der Waals surface area contributed by atoms with Gasteiger partial charge in [0.15, 0.2) is 6.61 Å². The van der Waals surface area contributed by atoms with Crippen LogP contribution >= 0.6 is 0 Å². The van der Waals surface area contributed by atoms with Crippen LogP contribution < -0.4 is 0 Å². The first-order valence-electron chi connectivity index (χ1n) is 7.56. The zero-order valence-corrected chi connectivity index (χ0v) is 14.4. The first-order valence-corrected chi connectivity index (χ1v) is 7.56. The number of hydrogen-bond donors (Lipinski definition) is 0. The average Bonchev–Trinajstić information content (AvgIpc) is 2.34. The van der Waals surface area contributed by atoms with Crippen LogP contribution in [0.2, 0.25) is 0 Å². The Morgan fingerprint density at radius 3 is 2.05 bits per heavy atom. The molecule has 0 saturated heterocycles. The fourth-order valence-corrected chi connectivity index (χ4v) is 1.52. The van der Waals surface area contributed by atoms with Crippen molar-refractivity contribution in [2.75, 3.05) is 6.61 Å². The molecular weight excluding hydrogens is 294 g/mol. The molecule has 0 spiro atoms. The highest BCUT2D eigenvalue weighted by molar-refractivity contribution is 5.76. The normalized spacial score (nSPS) is 12.9. The molecule has 0 amide bonds. The molecule has 0 heterocycles. The predicted octanol–water partition coefficient (Wildman–Crippen LogP) is 4.11. The van der Waals surface area contributed by atoms with Crippen LogP contribution in [0.1, 0.15) is 67.2 Å². The molecule has 0 aliphatic carbocycles. The van der Waals surface area contributed by atoms with Gasteiger partial charge in [0.1, 0.15) is 5.60 Å². The summed E-state index contributed by atoms with van der Waals surface area (Å²) in [5.41, 5.74) is -1.26. The third-order valence-corrected chi connectivity index (χ3v) is 3.45. The quantitative estimate of drug-likeness (QED) is 0.599. The number of halogens is 2. The van der Waals surface area contributed by atoms with Gasteiger partial charge < -0.3 is 9.47 Å². The Labute approximate surface area is 131 Å². The van der Waals surface area contributed by atoms with E-state index in [9.17, 15) is 18.4 Å². The van der Waals surface area contributed by atoms with Gasteiger partial charge in [0.05, 0.1) is 5.41 Å². The lowest BCUT2D eigenvalue weighted by molar-refractivity contribution is -0.168. The Bertz CT molecular complexity index is 384. The van der Waals surface area contributed by atoms with Crippen LogP contribution in [0.15, 0.2) is 0 Å². The maximum atomic E-state index is 12.5. The fraction of sp³-hybridized carbons (Fsp3) is 0.875. The standard InChI is InChI=1S/C16H28F2O4/c1-7-14(2,3)13(20)22-15(4,5)10-8-9-12(19)21-11-16(6,17)18/h7-11H2,1-6H3. The molecule has 0 fully saturated rings. The van der Waals surface area contributed by atoms with Crippen molar-refractivity contribution < 1.29 is 27.8 Å². The zero-order chi connectivity index (χ0) is 17.6. The number of carbonyl (C=O) groups excluding carboxylic acids is 2. The molecule has 0 unspecified atom stereocenters. The van der Waals surface area contributed by atoms with E-state index in [1.165, 1.54) is 0 Å². The number of carbonyl (C=O) groups is 2. The van der Waals surface area contributed by atoms with E-state index in [0.29, 0.717) is 26.2 Å². The van der Waals surface area contributed by atoms with Crippen molar-refractivity contribution in [3.63, 3.8) is 0 Å². The van der Waals surface area contributed by atoms with E-state index >= 15 is 0 Å². The van der Waals surface area contributed by atoms with E-state index in [4.69, 9.17) is 4.74 Å². The van der Waals surface area contributed by atoms with Crippen LogP contribution in [-0.2, 0) is 19.1 Å². The fourth-order valence-electron chi connectivity index (χ4n) is 1.52. The minimum Gasteiger partial charge on any atom is -0.459 e. The molecule has 0 atom stereocenters. The van der Waals surface area contributed by atoms with Crippen molar-refractivity contribution in [3.8, 4) is 0 Å². The van der Waals surface area contributed by atoms with Crippen LogP contribution in [0.25, 0.3) is 0 Å². The molecular formula is C16H28F2O4. The number of esters is 2. The van der Waals surface area contributed by atoms with Gasteiger partial charge in [-0.3, -0.25) is 9.59 Å². The number of alkyl halides is 2. The summed E-state index contributed by atoms with van der Waals surface area (Å²) in [6.07, 6.45) is 1.55. The number of hydrogen-bond acceptors (Lipinski definition) is 4. The Morgan fingerprint density at radius 2 is 1.59 bits per heavy atom. The van der Waals surface area contributed by atoms with Gasteiger partial charge >= 0.3 is 11.9 Å². The topological polar surface area (TPSA) is 52.6 Å². The monoisotopic (exact) mass is 322 g/mol. The van der Waals surface area contributed by atoms with Crippen LogP contribution in [0.3, 0.4) is 0 Å². The van der Waals surface area contributed by atoms with Crippen LogP contribution in [0, 0.1) is 5.41 Å². The number of rotatable bonds is 9. The number of ether oxygens (including phenoxy) is 2. The minimum atomic E-state index is -3.02. The summed E-state index contributed by atoms with van der Waals surface area (Å²) in [6, 6.07) is 0. The molecule has 0 aromatic heterocycles. The molecule has 0 aromatic carbocycles. The van der Waals surface area contributed by atoms with Crippen LogP contribution in [0.5, 0.6) is 0 Å². The lowest BCUT2D eigenvalue weighted by atomic mass is 9.90.